The molecule has 1 N–H and O–H groups in total. The molecular formula is C11H18N2O. The van der Waals surface area contributed by atoms with E-state index in [0.29, 0.717) is 12.5 Å². The number of hydrogen-bond acceptors (Lipinski definition) is 1. The van der Waals surface area contributed by atoms with Gasteiger partial charge in [-0.3, -0.25) is 0 Å². The van der Waals surface area contributed by atoms with Gasteiger partial charge in [0.2, 0.25) is 0 Å². The van der Waals surface area contributed by atoms with Crippen LogP contribution in [0.5, 0.6) is 0 Å². The van der Waals surface area contributed by atoms with E-state index >= 15 is 0 Å². The minimum absolute atomic E-state index is 0.0169. The summed E-state index contributed by atoms with van der Waals surface area (Å²) in [4.78, 5) is 13.3. The van der Waals surface area contributed by atoms with Crippen LogP contribution in [0.2, 0.25) is 0 Å². The number of nitrogens with one attached hydrogen (secondary N) is 1. The summed E-state index contributed by atoms with van der Waals surface area (Å²) < 4.78 is 0. The number of urea groups is 1. The maximum absolute atomic E-state index is 11.6. The smallest absolute Gasteiger partial charge is 0.318 e. The molecule has 0 aromatic heterocycles. The monoisotopic (exact) mass is 194 g/mol. The molecule has 0 aliphatic heterocycles. The van der Waals surface area contributed by atoms with E-state index in [1.54, 1.807) is 4.90 Å². The highest BCUT2D eigenvalue weighted by Crippen LogP contribution is 2.29. The Morgan fingerprint density at radius 3 is 2.86 bits per heavy atom. The molecule has 1 aliphatic carbocycles. The van der Waals surface area contributed by atoms with E-state index in [-0.39, 0.29) is 6.03 Å². The third kappa shape index (κ3) is 3.69. The Kier molecular flexibility index (Phi) is 4.31. The van der Waals surface area contributed by atoms with Crippen molar-refractivity contribution >= 4 is 6.03 Å². The fraction of sp³-hybridized carbons (Fsp3) is 0.727. The van der Waals surface area contributed by atoms with Gasteiger partial charge >= 0.3 is 6.03 Å². The summed E-state index contributed by atoms with van der Waals surface area (Å²) in [6.07, 6.45) is 8.65. The number of nitrogens with zero attached hydrogens (tertiary/aromatic N) is 1. The first kappa shape index (κ1) is 10.9. The molecule has 0 saturated heterocycles. The van der Waals surface area contributed by atoms with E-state index in [2.05, 4.69) is 11.2 Å². The molecule has 2 amide bonds. The molecule has 0 aromatic rings. The highest BCUT2D eigenvalue weighted by Gasteiger charge is 2.26. The van der Waals surface area contributed by atoms with Gasteiger partial charge in [-0.25, -0.2) is 4.79 Å². The number of carbonyl (C=O) groups is 1. The normalized spacial score (nSPS) is 14.6. The molecule has 0 heterocycles. The quantitative estimate of drug-likeness (QED) is 0.660. The molecule has 1 rings (SSSR count). The topological polar surface area (TPSA) is 32.3 Å². The van der Waals surface area contributed by atoms with Crippen LogP contribution < -0.4 is 5.32 Å². The molecule has 0 atom stereocenters. The zero-order valence-electron chi connectivity index (χ0n) is 8.75. The van der Waals surface area contributed by atoms with Crippen molar-refractivity contribution in [2.45, 2.75) is 26.2 Å². The number of amides is 2. The average molecular weight is 194 g/mol. The standard InChI is InChI=1S/C11H18N2O/c1-3-7-12-11(14)13(8-4-2)9-10-5-6-10/h2,10H,3,5-9H2,1H3,(H,12,14). The summed E-state index contributed by atoms with van der Waals surface area (Å²) in [6, 6.07) is -0.0169. The first-order valence-corrected chi connectivity index (χ1v) is 5.24. The number of rotatable bonds is 5. The van der Waals surface area contributed by atoms with Crippen molar-refractivity contribution in [2.75, 3.05) is 19.6 Å². The summed E-state index contributed by atoms with van der Waals surface area (Å²) in [6.45, 7) is 4.00. The van der Waals surface area contributed by atoms with Crippen LogP contribution >= 0.6 is 0 Å². The van der Waals surface area contributed by atoms with Crippen molar-refractivity contribution in [2.24, 2.45) is 5.92 Å². The van der Waals surface area contributed by atoms with Crippen molar-refractivity contribution in [1.82, 2.24) is 10.2 Å². The Morgan fingerprint density at radius 2 is 2.36 bits per heavy atom. The fourth-order valence-electron chi connectivity index (χ4n) is 1.29. The Morgan fingerprint density at radius 1 is 1.64 bits per heavy atom. The largest absolute Gasteiger partial charge is 0.338 e. The molecule has 0 spiro atoms. The summed E-state index contributed by atoms with van der Waals surface area (Å²) in [7, 11) is 0. The van der Waals surface area contributed by atoms with Crippen LogP contribution in [0.25, 0.3) is 0 Å². The average Bonchev–Trinajstić information content (AvgIpc) is 2.97. The lowest BCUT2D eigenvalue weighted by Crippen LogP contribution is -2.41. The highest BCUT2D eigenvalue weighted by molar-refractivity contribution is 5.74. The SMILES string of the molecule is C#CCN(CC1CC1)C(=O)NCCC. The molecule has 1 fully saturated rings. The lowest BCUT2D eigenvalue weighted by molar-refractivity contribution is 0.202. The van der Waals surface area contributed by atoms with E-state index in [4.69, 9.17) is 6.42 Å². The second kappa shape index (κ2) is 5.54. The van der Waals surface area contributed by atoms with Gasteiger partial charge in [-0.05, 0) is 25.2 Å². The Balaban J connectivity index is 2.31. The minimum atomic E-state index is -0.0169. The minimum Gasteiger partial charge on any atom is -0.338 e. The Bertz CT molecular complexity index is 228. The van der Waals surface area contributed by atoms with Gasteiger partial charge in [0.15, 0.2) is 0 Å². The first-order valence-electron chi connectivity index (χ1n) is 5.24. The molecular weight excluding hydrogens is 176 g/mol. The van der Waals surface area contributed by atoms with Crippen LogP contribution in [0, 0.1) is 18.3 Å². The van der Waals surface area contributed by atoms with Gasteiger partial charge < -0.3 is 10.2 Å². The summed E-state index contributed by atoms with van der Waals surface area (Å²) in [5, 5.41) is 2.84. The van der Waals surface area contributed by atoms with Gasteiger partial charge in [-0.2, -0.15) is 0 Å². The second-order valence-corrected chi connectivity index (χ2v) is 3.76. The second-order valence-electron chi connectivity index (χ2n) is 3.76. The van der Waals surface area contributed by atoms with Crippen molar-refractivity contribution in [3.8, 4) is 12.3 Å². The summed E-state index contributed by atoms with van der Waals surface area (Å²) >= 11 is 0. The third-order valence-corrected chi connectivity index (χ3v) is 2.27. The molecule has 1 aliphatic rings. The maximum atomic E-state index is 11.6. The van der Waals surface area contributed by atoms with Gasteiger partial charge in [-0.1, -0.05) is 12.8 Å². The lowest BCUT2D eigenvalue weighted by atomic mass is 10.3. The number of carbonyl (C=O) groups excluding carboxylic acids is 1. The Labute approximate surface area is 85.9 Å². The predicted molar refractivity (Wildman–Crippen MR) is 56.8 cm³/mol. The van der Waals surface area contributed by atoms with Gasteiger partial charge in [0.05, 0.1) is 6.54 Å². The summed E-state index contributed by atoms with van der Waals surface area (Å²) in [5.74, 6) is 3.21. The van der Waals surface area contributed by atoms with Gasteiger partial charge in [0.25, 0.3) is 0 Å². The molecule has 3 nitrogen and oxygen atoms in total. The van der Waals surface area contributed by atoms with Gasteiger partial charge in [0.1, 0.15) is 0 Å². The van der Waals surface area contributed by atoms with Crippen molar-refractivity contribution in [1.29, 1.82) is 0 Å². The van der Waals surface area contributed by atoms with Gasteiger partial charge in [-0.15, -0.1) is 6.42 Å². The fourth-order valence-corrected chi connectivity index (χ4v) is 1.29. The van der Waals surface area contributed by atoms with Gasteiger partial charge in [0, 0.05) is 13.1 Å². The van der Waals surface area contributed by atoms with E-state index in [1.807, 2.05) is 6.92 Å². The van der Waals surface area contributed by atoms with E-state index in [9.17, 15) is 4.79 Å². The number of hydrogen-bond donors (Lipinski definition) is 1. The van der Waals surface area contributed by atoms with E-state index in [1.165, 1.54) is 12.8 Å². The molecule has 0 unspecified atom stereocenters. The molecule has 3 heteroatoms. The van der Waals surface area contributed by atoms with Crippen molar-refractivity contribution < 1.29 is 4.79 Å². The third-order valence-electron chi connectivity index (χ3n) is 2.27. The highest BCUT2D eigenvalue weighted by atomic mass is 16.2. The van der Waals surface area contributed by atoms with Crippen LogP contribution in [0.15, 0.2) is 0 Å². The lowest BCUT2D eigenvalue weighted by Gasteiger charge is -2.20. The van der Waals surface area contributed by atoms with Crippen molar-refractivity contribution in [3.05, 3.63) is 0 Å². The molecule has 78 valence electrons. The molecule has 0 bridgehead atoms. The predicted octanol–water partition coefficient (Wildman–Crippen LogP) is 1.45. The van der Waals surface area contributed by atoms with Crippen molar-refractivity contribution in [3.63, 3.8) is 0 Å². The van der Waals surface area contributed by atoms with Crippen LogP contribution in [0.1, 0.15) is 26.2 Å². The molecule has 0 radical (unpaired) electrons. The molecule has 0 aromatic carbocycles. The molecule has 14 heavy (non-hydrogen) atoms. The van der Waals surface area contributed by atoms with Crippen LogP contribution in [-0.2, 0) is 0 Å². The number of terminal acetylenes is 1. The maximum Gasteiger partial charge on any atom is 0.318 e. The van der Waals surface area contributed by atoms with E-state index < -0.39 is 0 Å². The van der Waals surface area contributed by atoms with Crippen LogP contribution in [-0.4, -0.2) is 30.6 Å². The summed E-state index contributed by atoms with van der Waals surface area (Å²) in [5.41, 5.74) is 0. The van der Waals surface area contributed by atoms with Crippen LogP contribution in [0.3, 0.4) is 0 Å². The first-order chi connectivity index (χ1) is 6.77. The Hall–Kier alpha value is -1.17. The zero-order valence-corrected chi connectivity index (χ0v) is 8.75. The molecule has 1 saturated carbocycles. The zero-order chi connectivity index (χ0) is 10.4. The van der Waals surface area contributed by atoms with Crippen LogP contribution in [0.4, 0.5) is 4.79 Å². The van der Waals surface area contributed by atoms with E-state index in [0.717, 1.165) is 19.5 Å².